The number of likely N-dealkylation sites (N-methyl/N-ethyl adjacent to an activating group) is 1. The second-order valence-corrected chi connectivity index (χ2v) is 8.02. The summed E-state index contributed by atoms with van der Waals surface area (Å²) >= 11 is 6.26. The summed E-state index contributed by atoms with van der Waals surface area (Å²) in [4.78, 5) is 9.03. The van der Waals surface area contributed by atoms with E-state index in [1.165, 1.54) is 18.4 Å². The van der Waals surface area contributed by atoms with Gasteiger partial charge in [-0.05, 0) is 36.5 Å². The number of guanidine groups is 1. The van der Waals surface area contributed by atoms with Gasteiger partial charge < -0.3 is 19.7 Å². The minimum absolute atomic E-state index is 0.221. The summed E-state index contributed by atoms with van der Waals surface area (Å²) in [5.41, 5.74) is 1.22. The Kier molecular flexibility index (Phi) is 8.40. The number of halogens is 1. The zero-order valence-corrected chi connectivity index (χ0v) is 17.8. The maximum Gasteiger partial charge on any atom is 0.193 e. The summed E-state index contributed by atoms with van der Waals surface area (Å²) in [5.74, 6) is 1.69. The number of ether oxygens (including phenoxy) is 2. The lowest BCUT2D eigenvalue weighted by Gasteiger charge is -2.35. The lowest BCUT2D eigenvalue weighted by atomic mass is 10.0. The number of morpholine rings is 1. The van der Waals surface area contributed by atoms with Crippen molar-refractivity contribution in [2.24, 2.45) is 10.9 Å². The fraction of sp³-hybridized carbons (Fsp3) is 0.667. The van der Waals surface area contributed by atoms with Crippen molar-refractivity contribution >= 4 is 17.6 Å². The molecule has 0 amide bonds. The Morgan fingerprint density at radius 3 is 2.86 bits per heavy atom. The Labute approximate surface area is 173 Å². The van der Waals surface area contributed by atoms with E-state index in [0.717, 1.165) is 69.5 Å². The molecule has 1 aromatic carbocycles. The van der Waals surface area contributed by atoms with E-state index >= 15 is 0 Å². The molecule has 1 aliphatic carbocycles. The predicted molar refractivity (Wildman–Crippen MR) is 114 cm³/mol. The van der Waals surface area contributed by atoms with E-state index < -0.39 is 0 Å². The minimum Gasteiger partial charge on any atom is -0.379 e. The summed E-state index contributed by atoms with van der Waals surface area (Å²) in [6, 6.07) is 8.36. The zero-order valence-electron chi connectivity index (χ0n) is 17.1. The van der Waals surface area contributed by atoms with Gasteiger partial charge in [-0.1, -0.05) is 23.7 Å². The fourth-order valence-corrected chi connectivity index (χ4v) is 3.67. The third-order valence-corrected chi connectivity index (χ3v) is 5.60. The molecule has 1 aromatic rings. The lowest BCUT2D eigenvalue weighted by Crippen LogP contribution is -2.47. The molecule has 6 nitrogen and oxygen atoms in total. The fourth-order valence-electron chi connectivity index (χ4n) is 3.48. The highest BCUT2D eigenvalue weighted by Crippen LogP contribution is 2.28. The van der Waals surface area contributed by atoms with Crippen LogP contribution in [0.2, 0.25) is 5.02 Å². The number of nitrogens with zero attached hydrogens (tertiary/aromatic N) is 3. The van der Waals surface area contributed by atoms with Crippen molar-refractivity contribution in [3.63, 3.8) is 0 Å². The van der Waals surface area contributed by atoms with E-state index in [2.05, 4.69) is 39.3 Å². The molecule has 1 N–H and O–H groups in total. The van der Waals surface area contributed by atoms with Crippen LogP contribution in [-0.2, 0) is 9.47 Å². The molecule has 0 bridgehead atoms. The van der Waals surface area contributed by atoms with Crippen LogP contribution in [0.4, 0.5) is 0 Å². The van der Waals surface area contributed by atoms with Gasteiger partial charge in [0.05, 0.1) is 25.9 Å². The zero-order chi connectivity index (χ0) is 19.8. The number of rotatable bonds is 9. The monoisotopic (exact) mass is 408 g/mol. The molecule has 3 rings (SSSR count). The average Bonchev–Trinajstić information content (AvgIpc) is 3.54. The van der Waals surface area contributed by atoms with Gasteiger partial charge in [0.25, 0.3) is 0 Å². The normalized spacial score (nSPS) is 19.5. The molecule has 1 saturated heterocycles. The van der Waals surface area contributed by atoms with Crippen LogP contribution in [0.1, 0.15) is 24.4 Å². The van der Waals surface area contributed by atoms with Gasteiger partial charge in [-0.3, -0.25) is 9.89 Å². The van der Waals surface area contributed by atoms with Crippen LogP contribution in [0.3, 0.4) is 0 Å². The van der Waals surface area contributed by atoms with Gasteiger partial charge in [0.1, 0.15) is 0 Å². The summed E-state index contributed by atoms with van der Waals surface area (Å²) in [6.07, 6.45) is 2.65. The van der Waals surface area contributed by atoms with Crippen LogP contribution in [0.25, 0.3) is 0 Å². The Balaban J connectivity index is 1.55. The largest absolute Gasteiger partial charge is 0.379 e. The summed E-state index contributed by atoms with van der Waals surface area (Å²) in [6.45, 7) is 6.59. The number of hydrogen-bond acceptors (Lipinski definition) is 4. The molecule has 0 radical (unpaired) electrons. The summed E-state index contributed by atoms with van der Waals surface area (Å²) in [7, 11) is 3.88. The summed E-state index contributed by atoms with van der Waals surface area (Å²) < 4.78 is 11.3. The lowest BCUT2D eigenvalue weighted by molar-refractivity contribution is 0.0169. The van der Waals surface area contributed by atoms with E-state index in [1.807, 2.05) is 19.2 Å². The number of benzene rings is 1. The maximum absolute atomic E-state index is 6.26. The van der Waals surface area contributed by atoms with Gasteiger partial charge in [-0.15, -0.1) is 0 Å². The quantitative estimate of drug-likeness (QED) is 0.386. The van der Waals surface area contributed by atoms with Crippen LogP contribution in [0, 0.1) is 5.92 Å². The topological polar surface area (TPSA) is 49.3 Å². The predicted octanol–water partition coefficient (Wildman–Crippen LogP) is 2.65. The van der Waals surface area contributed by atoms with E-state index in [-0.39, 0.29) is 6.04 Å². The number of aliphatic imine (C=N–C) groups is 1. The molecule has 1 heterocycles. The first kappa shape index (κ1) is 21.4. The van der Waals surface area contributed by atoms with Gasteiger partial charge in [0.15, 0.2) is 5.96 Å². The van der Waals surface area contributed by atoms with Gasteiger partial charge in [-0.2, -0.15) is 0 Å². The Bertz CT molecular complexity index is 633. The standard InChI is InChI=1S/C21H33ClN4O2/c1-23-21(25(2)8-11-28-16-17-6-7-17)24-15-20(26-9-12-27-13-10-26)18-4-3-5-19(22)14-18/h3-5,14,17,20H,6-13,15-16H2,1-2H3,(H,23,24). The van der Waals surface area contributed by atoms with Crippen molar-refractivity contribution in [2.45, 2.75) is 18.9 Å². The smallest absolute Gasteiger partial charge is 0.193 e. The number of hydrogen-bond donors (Lipinski definition) is 1. The van der Waals surface area contributed by atoms with Gasteiger partial charge >= 0.3 is 0 Å². The molecular weight excluding hydrogens is 376 g/mol. The highest BCUT2D eigenvalue weighted by Gasteiger charge is 2.24. The molecule has 1 saturated carbocycles. The molecule has 156 valence electrons. The second-order valence-electron chi connectivity index (χ2n) is 7.59. The van der Waals surface area contributed by atoms with Crippen LogP contribution in [-0.4, -0.2) is 82.5 Å². The Morgan fingerprint density at radius 1 is 1.39 bits per heavy atom. The molecule has 7 heteroatoms. The van der Waals surface area contributed by atoms with Crippen LogP contribution in [0.15, 0.2) is 29.3 Å². The van der Waals surface area contributed by atoms with E-state index in [9.17, 15) is 0 Å². The second kappa shape index (κ2) is 11.0. The molecule has 2 aliphatic rings. The average molecular weight is 409 g/mol. The Hall–Kier alpha value is -1.34. The van der Waals surface area contributed by atoms with Crippen molar-refractivity contribution in [1.82, 2.24) is 15.1 Å². The maximum atomic E-state index is 6.26. The first-order chi connectivity index (χ1) is 13.7. The SMILES string of the molecule is CN=C(NCC(c1cccc(Cl)c1)N1CCOCC1)N(C)CCOCC1CC1. The van der Waals surface area contributed by atoms with E-state index in [4.69, 9.17) is 21.1 Å². The molecule has 28 heavy (non-hydrogen) atoms. The van der Waals surface area contributed by atoms with Crippen LogP contribution >= 0.6 is 11.6 Å². The third kappa shape index (κ3) is 6.62. The minimum atomic E-state index is 0.221. The molecule has 2 fully saturated rings. The molecule has 0 aromatic heterocycles. The van der Waals surface area contributed by atoms with Crippen molar-refractivity contribution in [1.29, 1.82) is 0 Å². The molecule has 1 aliphatic heterocycles. The van der Waals surface area contributed by atoms with Crippen molar-refractivity contribution in [2.75, 3.05) is 66.7 Å². The van der Waals surface area contributed by atoms with E-state index in [0.29, 0.717) is 0 Å². The van der Waals surface area contributed by atoms with Crippen molar-refractivity contribution in [3.8, 4) is 0 Å². The van der Waals surface area contributed by atoms with E-state index in [1.54, 1.807) is 0 Å². The third-order valence-electron chi connectivity index (χ3n) is 5.37. The molecule has 1 unspecified atom stereocenters. The van der Waals surface area contributed by atoms with Crippen LogP contribution < -0.4 is 5.32 Å². The Morgan fingerprint density at radius 2 is 2.18 bits per heavy atom. The molecule has 0 spiro atoms. The first-order valence-corrected chi connectivity index (χ1v) is 10.6. The molecule has 1 atom stereocenters. The van der Waals surface area contributed by atoms with Gasteiger partial charge in [0, 0.05) is 51.9 Å². The number of nitrogens with one attached hydrogen (secondary N) is 1. The highest BCUT2D eigenvalue weighted by atomic mass is 35.5. The van der Waals surface area contributed by atoms with Gasteiger partial charge in [-0.25, -0.2) is 0 Å². The van der Waals surface area contributed by atoms with Crippen molar-refractivity contribution < 1.29 is 9.47 Å². The molecular formula is C21H33ClN4O2. The first-order valence-electron chi connectivity index (χ1n) is 10.2. The summed E-state index contributed by atoms with van der Waals surface area (Å²) in [5, 5.41) is 4.31. The highest BCUT2D eigenvalue weighted by molar-refractivity contribution is 6.30. The van der Waals surface area contributed by atoms with Crippen LogP contribution in [0.5, 0.6) is 0 Å². The van der Waals surface area contributed by atoms with Crippen molar-refractivity contribution in [3.05, 3.63) is 34.9 Å². The van der Waals surface area contributed by atoms with Gasteiger partial charge in [0.2, 0.25) is 0 Å².